The number of hydrogen-bond donors (Lipinski definition) is 2. The zero-order valence-corrected chi connectivity index (χ0v) is 17.9. The predicted octanol–water partition coefficient (Wildman–Crippen LogP) is 7.34. The molecule has 0 aliphatic heterocycles. The average Bonchev–Trinajstić information content (AvgIpc) is 2.68. The Morgan fingerprint density at radius 2 is 0.862 bits per heavy atom. The van der Waals surface area contributed by atoms with Crippen LogP contribution in [0.25, 0.3) is 0 Å². The number of carboxylic acid groups (broad SMARTS) is 2. The number of allylic oxidation sites excluding steroid dienone is 4. The van der Waals surface area contributed by atoms with Crippen LogP contribution in [0.4, 0.5) is 9.59 Å². The lowest BCUT2D eigenvalue weighted by Gasteiger charge is -2.01. The summed E-state index contributed by atoms with van der Waals surface area (Å²) in [5.74, 6) is 0. The fourth-order valence-electron chi connectivity index (χ4n) is 2.97. The van der Waals surface area contributed by atoms with Crippen LogP contribution in [0, 0.1) is 0 Å². The van der Waals surface area contributed by atoms with Gasteiger partial charge in [-0.25, -0.2) is 9.59 Å². The predicted molar refractivity (Wildman–Crippen MR) is 115 cm³/mol. The van der Waals surface area contributed by atoms with Crippen molar-refractivity contribution in [1.29, 1.82) is 0 Å². The Morgan fingerprint density at radius 3 is 1.24 bits per heavy atom. The molecule has 0 saturated heterocycles. The number of ether oxygens (including phenoxy) is 2. The fourth-order valence-corrected chi connectivity index (χ4v) is 2.97. The van der Waals surface area contributed by atoms with Crippen molar-refractivity contribution < 1.29 is 29.3 Å². The smallest absolute Gasteiger partial charge is 0.450 e. The minimum atomic E-state index is -1.18. The van der Waals surface area contributed by atoms with E-state index in [9.17, 15) is 9.59 Å². The minimum absolute atomic E-state index is 0.317. The van der Waals surface area contributed by atoms with Crippen molar-refractivity contribution in [2.45, 2.75) is 96.3 Å². The highest BCUT2D eigenvalue weighted by Crippen LogP contribution is 2.09. The molecule has 0 fully saturated rings. The van der Waals surface area contributed by atoms with Crippen molar-refractivity contribution in [3.63, 3.8) is 0 Å². The van der Waals surface area contributed by atoms with Gasteiger partial charge in [-0.3, -0.25) is 0 Å². The first-order valence-corrected chi connectivity index (χ1v) is 11.1. The summed E-state index contributed by atoms with van der Waals surface area (Å²) in [5.41, 5.74) is 0. The first-order chi connectivity index (χ1) is 14.1. The summed E-state index contributed by atoms with van der Waals surface area (Å²) in [6.45, 7) is 0.634. The van der Waals surface area contributed by atoms with E-state index in [0.717, 1.165) is 57.8 Å². The quantitative estimate of drug-likeness (QED) is 0.123. The highest BCUT2D eigenvalue weighted by molar-refractivity contribution is 5.56. The number of rotatable bonds is 20. The molecule has 0 unspecified atom stereocenters. The molecular formula is C23H40O6. The van der Waals surface area contributed by atoms with Crippen molar-refractivity contribution >= 4 is 12.3 Å². The van der Waals surface area contributed by atoms with Crippen LogP contribution in [0.15, 0.2) is 24.3 Å². The minimum Gasteiger partial charge on any atom is -0.450 e. The Bertz CT molecular complexity index is 405. The van der Waals surface area contributed by atoms with Crippen molar-refractivity contribution in [2.24, 2.45) is 0 Å². The van der Waals surface area contributed by atoms with Crippen LogP contribution < -0.4 is 0 Å². The SMILES string of the molecule is O=C(O)OCCCCCCCCC=CCC=CCCCCCCCCOC(=O)O. The van der Waals surface area contributed by atoms with Crippen LogP contribution in [0.1, 0.15) is 96.3 Å². The second-order valence-electron chi connectivity index (χ2n) is 7.23. The molecule has 0 rings (SSSR count). The molecule has 0 aromatic carbocycles. The molecule has 29 heavy (non-hydrogen) atoms. The van der Waals surface area contributed by atoms with Crippen LogP contribution in [0.3, 0.4) is 0 Å². The lowest BCUT2D eigenvalue weighted by atomic mass is 10.1. The molecule has 0 atom stereocenters. The van der Waals surface area contributed by atoms with Crippen LogP contribution in [0.5, 0.6) is 0 Å². The maximum atomic E-state index is 10.2. The van der Waals surface area contributed by atoms with Crippen molar-refractivity contribution in [1.82, 2.24) is 0 Å². The maximum Gasteiger partial charge on any atom is 0.505 e. The highest BCUT2D eigenvalue weighted by Gasteiger charge is 1.96. The Kier molecular flexibility index (Phi) is 20.8. The molecule has 0 aromatic rings. The summed E-state index contributed by atoms with van der Waals surface area (Å²) in [4.78, 5) is 20.3. The fraction of sp³-hybridized carbons (Fsp3) is 0.739. The Balaban J connectivity index is 3.20. The van der Waals surface area contributed by atoms with Gasteiger partial charge in [0.2, 0.25) is 0 Å². The maximum absolute atomic E-state index is 10.2. The zero-order chi connectivity index (χ0) is 21.4. The monoisotopic (exact) mass is 412 g/mol. The van der Waals surface area contributed by atoms with E-state index in [-0.39, 0.29) is 0 Å². The topological polar surface area (TPSA) is 93.1 Å². The van der Waals surface area contributed by atoms with E-state index in [1.807, 2.05) is 0 Å². The van der Waals surface area contributed by atoms with Gasteiger partial charge in [0.15, 0.2) is 0 Å². The van der Waals surface area contributed by atoms with Gasteiger partial charge in [-0.15, -0.1) is 0 Å². The molecule has 6 heteroatoms. The molecule has 0 heterocycles. The van der Waals surface area contributed by atoms with Crippen LogP contribution >= 0.6 is 0 Å². The van der Waals surface area contributed by atoms with E-state index in [1.54, 1.807) is 0 Å². The van der Waals surface area contributed by atoms with Gasteiger partial charge >= 0.3 is 12.3 Å². The second kappa shape index (κ2) is 22.3. The van der Waals surface area contributed by atoms with Gasteiger partial charge in [0.25, 0.3) is 0 Å². The number of hydrogen-bond acceptors (Lipinski definition) is 4. The van der Waals surface area contributed by atoms with Crippen molar-refractivity contribution in [3.8, 4) is 0 Å². The normalized spacial score (nSPS) is 11.3. The zero-order valence-electron chi connectivity index (χ0n) is 17.9. The number of carbonyl (C=O) groups is 2. The molecule has 0 aliphatic carbocycles. The number of unbranched alkanes of at least 4 members (excludes halogenated alkanes) is 12. The van der Waals surface area contributed by atoms with E-state index in [2.05, 4.69) is 33.8 Å². The Hall–Kier alpha value is -1.98. The lowest BCUT2D eigenvalue weighted by Crippen LogP contribution is -2.01. The van der Waals surface area contributed by atoms with E-state index < -0.39 is 12.3 Å². The molecule has 0 aliphatic rings. The van der Waals surface area contributed by atoms with Crippen LogP contribution in [-0.4, -0.2) is 35.7 Å². The summed E-state index contributed by atoms with van der Waals surface area (Å²) >= 11 is 0. The van der Waals surface area contributed by atoms with Gasteiger partial charge in [-0.1, -0.05) is 75.7 Å². The van der Waals surface area contributed by atoms with Crippen molar-refractivity contribution in [2.75, 3.05) is 13.2 Å². The van der Waals surface area contributed by atoms with E-state index in [1.165, 1.54) is 38.5 Å². The molecule has 0 radical (unpaired) electrons. The van der Waals surface area contributed by atoms with Gasteiger partial charge in [0, 0.05) is 0 Å². The molecule has 0 bridgehead atoms. The summed E-state index contributed by atoms with van der Waals surface area (Å²) in [7, 11) is 0. The standard InChI is InChI=1S/C23H40O6/c24-22(25)28-20-18-16-14-12-10-8-6-4-2-1-3-5-7-9-11-13-15-17-19-21-29-23(26)27/h2-5H,1,6-21H2,(H,24,25)(H,26,27). The summed E-state index contributed by atoms with van der Waals surface area (Å²) < 4.78 is 8.94. The summed E-state index contributed by atoms with van der Waals surface area (Å²) in [5, 5.41) is 16.7. The molecule has 0 saturated carbocycles. The van der Waals surface area contributed by atoms with E-state index in [0.29, 0.717) is 13.2 Å². The molecule has 0 aromatic heterocycles. The summed E-state index contributed by atoms with van der Waals surface area (Å²) in [6.07, 6.45) is 23.2. The molecule has 2 N–H and O–H groups in total. The summed E-state index contributed by atoms with van der Waals surface area (Å²) in [6, 6.07) is 0. The molecular weight excluding hydrogens is 372 g/mol. The average molecular weight is 413 g/mol. The molecule has 6 nitrogen and oxygen atoms in total. The van der Waals surface area contributed by atoms with Gasteiger partial charge in [0.1, 0.15) is 0 Å². The van der Waals surface area contributed by atoms with E-state index in [4.69, 9.17) is 10.2 Å². The van der Waals surface area contributed by atoms with Gasteiger partial charge in [-0.2, -0.15) is 0 Å². The van der Waals surface area contributed by atoms with Crippen molar-refractivity contribution in [3.05, 3.63) is 24.3 Å². The van der Waals surface area contributed by atoms with Gasteiger partial charge < -0.3 is 19.7 Å². The third kappa shape index (κ3) is 26.0. The Morgan fingerprint density at radius 1 is 0.517 bits per heavy atom. The largest absolute Gasteiger partial charge is 0.505 e. The highest BCUT2D eigenvalue weighted by atomic mass is 16.7. The first-order valence-electron chi connectivity index (χ1n) is 11.1. The molecule has 0 amide bonds. The molecule has 0 spiro atoms. The Labute approximate surface area is 176 Å². The lowest BCUT2D eigenvalue weighted by molar-refractivity contribution is 0.0887. The first kappa shape index (κ1) is 27.0. The van der Waals surface area contributed by atoms with E-state index >= 15 is 0 Å². The third-order valence-corrected chi connectivity index (χ3v) is 4.59. The van der Waals surface area contributed by atoms with Crippen LogP contribution in [0.2, 0.25) is 0 Å². The third-order valence-electron chi connectivity index (χ3n) is 4.59. The van der Waals surface area contributed by atoms with Gasteiger partial charge in [0.05, 0.1) is 13.2 Å². The van der Waals surface area contributed by atoms with Gasteiger partial charge in [-0.05, 0) is 44.9 Å². The molecule has 168 valence electrons. The van der Waals surface area contributed by atoms with Crippen LogP contribution in [-0.2, 0) is 9.47 Å². The second-order valence-corrected chi connectivity index (χ2v) is 7.23.